The van der Waals surface area contributed by atoms with Crippen LogP contribution in [0.15, 0.2) is 37.1 Å². The van der Waals surface area contributed by atoms with Crippen LogP contribution < -0.4 is 5.32 Å². The summed E-state index contributed by atoms with van der Waals surface area (Å²) in [6.07, 6.45) is 7.18. The maximum absolute atomic E-state index is 10.3. The number of carbonyl (C=O) groups is 1. The molecule has 0 aromatic carbocycles. The quantitative estimate of drug-likeness (QED) is 0.726. The molecule has 1 N–H and O–H groups in total. The number of rotatable bonds is 3. The summed E-state index contributed by atoms with van der Waals surface area (Å²) in [5, 5.41) is 2.55. The van der Waals surface area contributed by atoms with Crippen LogP contribution in [0.2, 0.25) is 0 Å². The summed E-state index contributed by atoms with van der Waals surface area (Å²) in [5.74, 6) is 0.619. The summed E-state index contributed by atoms with van der Waals surface area (Å²) in [5.41, 5.74) is 0.856. The van der Waals surface area contributed by atoms with Gasteiger partial charge in [-0.05, 0) is 12.1 Å². The molecule has 1 amide bonds. The number of nitrogens with zero attached hydrogens (tertiary/aromatic N) is 3. The highest BCUT2D eigenvalue weighted by molar-refractivity contribution is 5.69. The van der Waals surface area contributed by atoms with Crippen LogP contribution in [-0.4, -0.2) is 20.9 Å². The van der Waals surface area contributed by atoms with Gasteiger partial charge < -0.3 is 5.32 Å². The largest absolute Gasteiger partial charge is 0.313 e. The summed E-state index contributed by atoms with van der Waals surface area (Å²) in [4.78, 5) is 18.2. The van der Waals surface area contributed by atoms with E-state index >= 15 is 0 Å². The molecule has 0 bridgehead atoms. The molecule has 2 aromatic heterocycles. The molecule has 0 aliphatic carbocycles. The highest BCUT2D eigenvalue weighted by Gasteiger charge is 2.01. The van der Waals surface area contributed by atoms with Gasteiger partial charge in [0.2, 0.25) is 6.41 Å². The van der Waals surface area contributed by atoms with E-state index in [1.807, 2.05) is 12.1 Å². The zero-order valence-electron chi connectivity index (χ0n) is 7.29. The lowest BCUT2D eigenvalue weighted by Crippen LogP contribution is -2.01. The van der Waals surface area contributed by atoms with Crippen molar-refractivity contribution in [3.8, 4) is 5.69 Å². The second kappa shape index (κ2) is 3.69. The van der Waals surface area contributed by atoms with Crippen LogP contribution in [0.3, 0.4) is 0 Å². The molecule has 2 rings (SSSR count). The average Bonchev–Trinajstić information content (AvgIpc) is 2.68. The second-order valence-corrected chi connectivity index (χ2v) is 2.62. The third-order valence-electron chi connectivity index (χ3n) is 1.77. The van der Waals surface area contributed by atoms with Crippen molar-refractivity contribution in [2.45, 2.75) is 0 Å². The SMILES string of the molecule is O=CNc1cncn1-c1cccnc1. The molecular formula is C9H8N4O. The Morgan fingerprint density at radius 2 is 2.29 bits per heavy atom. The van der Waals surface area contributed by atoms with Gasteiger partial charge in [0.15, 0.2) is 0 Å². The number of aromatic nitrogens is 3. The second-order valence-electron chi connectivity index (χ2n) is 2.62. The normalized spacial score (nSPS) is 9.71. The fraction of sp³-hybridized carbons (Fsp3) is 0. The molecule has 0 fully saturated rings. The zero-order valence-corrected chi connectivity index (χ0v) is 7.29. The van der Waals surface area contributed by atoms with Crippen LogP contribution in [0.1, 0.15) is 0 Å². The van der Waals surface area contributed by atoms with Crippen LogP contribution in [0, 0.1) is 0 Å². The predicted octanol–water partition coefficient (Wildman–Crippen LogP) is 0.836. The van der Waals surface area contributed by atoms with Crippen molar-refractivity contribution < 1.29 is 4.79 Å². The molecule has 0 saturated heterocycles. The van der Waals surface area contributed by atoms with Crippen LogP contribution >= 0.6 is 0 Å². The Kier molecular flexibility index (Phi) is 2.22. The molecule has 2 heterocycles. The Bertz CT molecular complexity index is 423. The Labute approximate surface area is 80.4 Å². The summed E-state index contributed by atoms with van der Waals surface area (Å²) >= 11 is 0. The van der Waals surface area contributed by atoms with Crippen molar-refractivity contribution >= 4 is 12.2 Å². The first-order valence-corrected chi connectivity index (χ1v) is 4.05. The molecule has 5 heteroatoms. The lowest BCUT2D eigenvalue weighted by Gasteiger charge is -2.04. The van der Waals surface area contributed by atoms with Gasteiger partial charge in [0, 0.05) is 6.20 Å². The molecule has 0 saturated carbocycles. The maximum Gasteiger partial charge on any atom is 0.212 e. The van der Waals surface area contributed by atoms with E-state index < -0.39 is 0 Å². The molecule has 70 valence electrons. The Morgan fingerprint density at radius 3 is 3.00 bits per heavy atom. The van der Waals surface area contributed by atoms with Gasteiger partial charge in [-0.3, -0.25) is 14.3 Å². The number of carbonyl (C=O) groups excluding carboxylic acids is 1. The Morgan fingerprint density at radius 1 is 1.36 bits per heavy atom. The van der Waals surface area contributed by atoms with E-state index in [2.05, 4.69) is 15.3 Å². The standard InChI is InChI=1S/C9H8N4O/c14-7-12-9-5-11-6-13(9)8-2-1-3-10-4-8/h1-7H,(H,12,14). The molecule has 0 spiro atoms. The molecule has 0 aliphatic rings. The minimum Gasteiger partial charge on any atom is -0.313 e. The maximum atomic E-state index is 10.3. The highest BCUT2D eigenvalue weighted by atomic mass is 16.1. The number of nitrogens with one attached hydrogen (secondary N) is 1. The predicted molar refractivity (Wildman–Crippen MR) is 51.0 cm³/mol. The van der Waals surface area contributed by atoms with Gasteiger partial charge in [0.05, 0.1) is 18.1 Å². The number of pyridine rings is 1. The third kappa shape index (κ3) is 1.47. The summed E-state index contributed by atoms with van der Waals surface area (Å²) in [6, 6.07) is 3.70. The average molecular weight is 188 g/mol. The van der Waals surface area contributed by atoms with Crippen molar-refractivity contribution in [2.75, 3.05) is 5.32 Å². The molecule has 5 nitrogen and oxygen atoms in total. The van der Waals surface area contributed by atoms with Crippen LogP contribution in [0.4, 0.5) is 5.82 Å². The first-order chi connectivity index (χ1) is 6.92. The minimum atomic E-state index is 0.615. The van der Waals surface area contributed by atoms with Gasteiger partial charge in [0.1, 0.15) is 12.1 Å². The monoisotopic (exact) mass is 188 g/mol. The third-order valence-corrected chi connectivity index (χ3v) is 1.77. The van der Waals surface area contributed by atoms with Crippen LogP contribution in [0.25, 0.3) is 5.69 Å². The first-order valence-electron chi connectivity index (χ1n) is 4.05. The Balaban J connectivity index is 2.41. The molecule has 0 unspecified atom stereocenters. The molecular weight excluding hydrogens is 180 g/mol. The smallest absolute Gasteiger partial charge is 0.212 e. The zero-order chi connectivity index (χ0) is 9.80. The van der Waals surface area contributed by atoms with Gasteiger partial charge in [-0.25, -0.2) is 4.98 Å². The number of anilines is 1. The van der Waals surface area contributed by atoms with Crippen LogP contribution in [0.5, 0.6) is 0 Å². The molecule has 2 aromatic rings. The number of hydrogen-bond acceptors (Lipinski definition) is 3. The number of amides is 1. The fourth-order valence-corrected chi connectivity index (χ4v) is 1.16. The van der Waals surface area contributed by atoms with E-state index in [9.17, 15) is 4.79 Å². The van der Waals surface area contributed by atoms with Crippen molar-refractivity contribution in [2.24, 2.45) is 0 Å². The molecule has 14 heavy (non-hydrogen) atoms. The first kappa shape index (κ1) is 8.43. The van der Waals surface area contributed by atoms with E-state index in [4.69, 9.17) is 0 Å². The van der Waals surface area contributed by atoms with Gasteiger partial charge >= 0.3 is 0 Å². The van der Waals surface area contributed by atoms with E-state index in [1.165, 1.54) is 0 Å². The summed E-state index contributed by atoms with van der Waals surface area (Å²) < 4.78 is 1.74. The van der Waals surface area contributed by atoms with Gasteiger partial charge in [-0.2, -0.15) is 0 Å². The van der Waals surface area contributed by atoms with Crippen LogP contribution in [-0.2, 0) is 4.79 Å². The minimum absolute atomic E-state index is 0.615. The van der Waals surface area contributed by atoms with Crippen molar-refractivity contribution in [1.29, 1.82) is 0 Å². The highest BCUT2D eigenvalue weighted by Crippen LogP contribution is 2.12. The lowest BCUT2D eigenvalue weighted by atomic mass is 10.4. The number of hydrogen-bond donors (Lipinski definition) is 1. The van der Waals surface area contributed by atoms with E-state index in [1.54, 1.807) is 29.5 Å². The lowest BCUT2D eigenvalue weighted by molar-refractivity contribution is -0.105. The van der Waals surface area contributed by atoms with Gasteiger partial charge in [0.25, 0.3) is 0 Å². The van der Waals surface area contributed by atoms with E-state index in [0.29, 0.717) is 12.2 Å². The van der Waals surface area contributed by atoms with Crippen molar-refractivity contribution in [3.63, 3.8) is 0 Å². The fourth-order valence-electron chi connectivity index (χ4n) is 1.16. The topological polar surface area (TPSA) is 59.8 Å². The molecule has 0 radical (unpaired) electrons. The number of imidazole rings is 1. The van der Waals surface area contributed by atoms with Gasteiger partial charge in [-0.15, -0.1) is 0 Å². The van der Waals surface area contributed by atoms with E-state index in [-0.39, 0.29) is 0 Å². The van der Waals surface area contributed by atoms with Crippen molar-refractivity contribution in [3.05, 3.63) is 37.1 Å². The van der Waals surface area contributed by atoms with Gasteiger partial charge in [-0.1, -0.05) is 0 Å². The Hall–Kier alpha value is -2.17. The van der Waals surface area contributed by atoms with Crippen molar-refractivity contribution in [1.82, 2.24) is 14.5 Å². The molecule has 0 aliphatic heterocycles. The molecule has 0 atom stereocenters. The summed E-state index contributed by atoms with van der Waals surface area (Å²) in [7, 11) is 0. The van der Waals surface area contributed by atoms with E-state index in [0.717, 1.165) is 5.69 Å². The summed E-state index contributed by atoms with van der Waals surface area (Å²) in [6.45, 7) is 0.